The Balaban J connectivity index is 1.37. The second kappa shape index (κ2) is 13.2. The molecule has 3 heterocycles. The molecule has 0 spiro atoms. The van der Waals surface area contributed by atoms with E-state index in [-0.39, 0.29) is 57.1 Å². The van der Waals surface area contributed by atoms with E-state index in [0.29, 0.717) is 36.6 Å². The fourth-order valence-electron chi connectivity index (χ4n) is 5.80. The Morgan fingerprint density at radius 2 is 1.80 bits per heavy atom. The number of fused-ring (bicyclic) bond motifs is 4. The number of methoxy groups -OCH3 is 1. The molecule has 6 amide bonds. The number of benzene rings is 2. The van der Waals surface area contributed by atoms with E-state index in [2.05, 4.69) is 10.6 Å². The number of likely N-dealkylation sites (tertiary alicyclic amines) is 1. The van der Waals surface area contributed by atoms with Crippen LogP contribution in [0.15, 0.2) is 42.5 Å². The molecule has 2 fully saturated rings. The lowest BCUT2D eigenvalue weighted by Crippen LogP contribution is -2.45. The molecule has 2 saturated heterocycles. The van der Waals surface area contributed by atoms with Gasteiger partial charge in [0.1, 0.15) is 13.2 Å². The van der Waals surface area contributed by atoms with Crippen molar-refractivity contribution in [2.24, 2.45) is 5.92 Å². The van der Waals surface area contributed by atoms with Crippen molar-refractivity contribution in [1.82, 2.24) is 25.3 Å². The third kappa shape index (κ3) is 6.56. The highest BCUT2D eigenvalue weighted by molar-refractivity contribution is 6.04. The molecule has 5 rings (SSSR count). The van der Waals surface area contributed by atoms with Crippen LogP contribution in [-0.2, 0) is 14.4 Å². The summed E-state index contributed by atoms with van der Waals surface area (Å²) in [6.45, 7) is 1.03. The van der Waals surface area contributed by atoms with Gasteiger partial charge < -0.3 is 34.8 Å². The van der Waals surface area contributed by atoms with Crippen LogP contribution in [0.5, 0.6) is 11.5 Å². The SMILES string of the molecule is COc1ccc2cc1OCCN(C(=O)CN1C(=O)CNC1=O)CCCNC(=O)[C@H]1CN(C(=O)c3cccc(N(C)C)c3)C[C@H]21. The average molecular weight is 607 g/mol. The summed E-state index contributed by atoms with van der Waals surface area (Å²) in [7, 11) is 5.36. The van der Waals surface area contributed by atoms with Crippen LogP contribution in [0, 0.1) is 5.92 Å². The van der Waals surface area contributed by atoms with Crippen molar-refractivity contribution < 1.29 is 33.4 Å². The maximum atomic E-state index is 13.6. The largest absolute Gasteiger partial charge is 0.493 e. The van der Waals surface area contributed by atoms with Gasteiger partial charge in [-0.05, 0) is 42.3 Å². The smallest absolute Gasteiger partial charge is 0.325 e. The number of nitrogens with zero attached hydrogens (tertiary/aromatic N) is 4. The first-order valence-corrected chi connectivity index (χ1v) is 14.7. The Hall–Kier alpha value is -4.81. The number of carbonyl (C=O) groups is 5. The number of urea groups is 1. The molecule has 0 aliphatic carbocycles. The van der Waals surface area contributed by atoms with Crippen LogP contribution < -0.4 is 25.0 Å². The van der Waals surface area contributed by atoms with E-state index in [9.17, 15) is 24.0 Å². The van der Waals surface area contributed by atoms with Crippen molar-refractivity contribution in [2.75, 3.05) is 78.5 Å². The van der Waals surface area contributed by atoms with Gasteiger partial charge in [0.25, 0.3) is 11.8 Å². The highest BCUT2D eigenvalue weighted by Crippen LogP contribution is 2.38. The first-order chi connectivity index (χ1) is 21.2. The lowest BCUT2D eigenvalue weighted by atomic mass is 9.88. The van der Waals surface area contributed by atoms with Crippen LogP contribution in [0.2, 0.25) is 0 Å². The summed E-state index contributed by atoms with van der Waals surface area (Å²) in [5.74, 6) is -1.01. The fraction of sp³-hybridized carbons (Fsp3) is 0.452. The van der Waals surface area contributed by atoms with E-state index in [0.717, 1.165) is 16.2 Å². The van der Waals surface area contributed by atoms with Gasteiger partial charge in [-0.25, -0.2) is 4.79 Å². The van der Waals surface area contributed by atoms with Gasteiger partial charge in [0.15, 0.2) is 11.5 Å². The molecule has 3 aliphatic rings. The maximum Gasteiger partial charge on any atom is 0.325 e. The van der Waals surface area contributed by atoms with E-state index in [1.807, 2.05) is 49.3 Å². The maximum absolute atomic E-state index is 13.6. The van der Waals surface area contributed by atoms with Gasteiger partial charge in [0.05, 0.1) is 26.1 Å². The number of hydrogen-bond donors (Lipinski definition) is 2. The van der Waals surface area contributed by atoms with Gasteiger partial charge >= 0.3 is 6.03 Å². The van der Waals surface area contributed by atoms with Gasteiger partial charge in [-0.2, -0.15) is 0 Å². The fourth-order valence-corrected chi connectivity index (χ4v) is 5.80. The minimum atomic E-state index is -0.598. The Kier molecular flexibility index (Phi) is 9.21. The summed E-state index contributed by atoms with van der Waals surface area (Å²) < 4.78 is 11.6. The predicted octanol–water partition coefficient (Wildman–Crippen LogP) is 0.896. The zero-order valence-corrected chi connectivity index (χ0v) is 25.2. The van der Waals surface area contributed by atoms with Crippen molar-refractivity contribution in [3.8, 4) is 11.5 Å². The molecule has 44 heavy (non-hydrogen) atoms. The minimum Gasteiger partial charge on any atom is -0.493 e. The number of carbonyl (C=O) groups excluding carboxylic acids is 5. The van der Waals surface area contributed by atoms with Crippen molar-refractivity contribution in [2.45, 2.75) is 12.3 Å². The molecule has 2 atom stereocenters. The predicted molar refractivity (Wildman–Crippen MR) is 161 cm³/mol. The molecule has 13 nitrogen and oxygen atoms in total. The molecule has 2 aromatic carbocycles. The Morgan fingerprint density at radius 1 is 1.00 bits per heavy atom. The third-order valence-corrected chi connectivity index (χ3v) is 8.28. The second-order valence-corrected chi connectivity index (χ2v) is 11.3. The molecule has 2 bridgehead atoms. The molecule has 0 saturated carbocycles. The van der Waals surface area contributed by atoms with Crippen LogP contribution >= 0.6 is 0 Å². The van der Waals surface area contributed by atoms with Crippen LogP contribution in [-0.4, -0.2) is 118 Å². The van der Waals surface area contributed by atoms with Gasteiger partial charge in [-0.3, -0.25) is 24.1 Å². The second-order valence-electron chi connectivity index (χ2n) is 11.3. The van der Waals surface area contributed by atoms with Crippen molar-refractivity contribution in [3.05, 3.63) is 53.6 Å². The quantitative estimate of drug-likeness (QED) is 0.479. The van der Waals surface area contributed by atoms with Crippen LogP contribution in [0.3, 0.4) is 0 Å². The van der Waals surface area contributed by atoms with Crippen molar-refractivity contribution >= 4 is 35.3 Å². The third-order valence-electron chi connectivity index (χ3n) is 8.28. The normalized spacial score (nSPS) is 20.7. The summed E-state index contributed by atoms with van der Waals surface area (Å²) in [6, 6.07) is 12.3. The molecular weight excluding hydrogens is 568 g/mol. The number of ether oxygens (including phenoxy) is 2. The summed E-state index contributed by atoms with van der Waals surface area (Å²) in [5.41, 5.74) is 2.30. The molecular formula is C31H38N6O7. The van der Waals surface area contributed by atoms with Gasteiger partial charge in [0.2, 0.25) is 11.8 Å². The summed E-state index contributed by atoms with van der Waals surface area (Å²) >= 11 is 0. The minimum absolute atomic E-state index is 0.134. The van der Waals surface area contributed by atoms with Gasteiger partial charge in [-0.15, -0.1) is 0 Å². The summed E-state index contributed by atoms with van der Waals surface area (Å²) in [4.78, 5) is 70.4. The number of nitrogens with one attached hydrogen (secondary N) is 2. The zero-order chi connectivity index (χ0) is 31.4. The number of hydrogen-bond acceptors (Lipinski definition) is 8. The lowest BCUT2D eigenvalue weighted by molar-refractivity contribution is -0.136. The zero-order valence-electron chi connectivity index (χ0n) is 25.2. The summed E-state index contributed by atoms with van der Waals surface area (Å²) in [6.07, 6.45) is 0.448. The van der Waals surface area contributed by atoms with Crippen molar-refractivity contribution in [1.29, 1.82) is 0 Å². The standard InChI is InChI=1S/C31H38N6O7/c1-34(2)22-7-4-6-21(14-22)30(41)36-17-23-20-8-9-25(43-3)26(15-20)44-13-12-35(11-5-10-32-29(40)24(23)18-36)28(39)19-37-27(38)16-33-31(37)42/h4,6-9,14-15,23-24H,5,10-13,16-19H2,1-3H3,(H,32,40)(H,33,42)/t23-,24+/m1/s1. The summed E-state index contributed by atoms with van der Waals surface area (Å²) in [5, 5.41) is 5.42. The number of amides is 6. The Labute approximate surface area is 256 Å². The van der Waals surface area contributed by atoms with E-state index in [1.54, 1.807) is 17.0 Å². The molecule has 13 heteroatoms. The van der Waals surface area contributed by atoms with E-state index < -0.39 is 23.8 Å². The molecule has 0 unspecified atom stereocenters. The van der Waals surface area contributed by atoms with Gasteiger partial charge in [0, 0.05) is 57.4 Å². The highest BCUT2D eigenvalue weighted by Gasteiger charge is 2.41. The average Bonchev–Trinajstić information content (AvgIpc) is 3.61. The first-order valence-electron chi connectivity index (χ1n) is 14.7. The van der Waals surface area contributed by atoms with Crippen LogP contribution in [0.4, 0.5) is 10.5 Å². The Morgan fingerprint density at radius 3 is 2.52 bits per heavy atom. The van der Waals surface area contributed by atoms with Crippen molar-refractivity contribution in [3.63, 3.8) is 0 Å². The molecule has 3 aliphatic heterocycles. The lowest BCUT2D eigenvalue weighted by Gasteiger charge is -2.26. The number of rotatable bonds is 5. The molecule has 234 valence electrons. The van der Waals surface area contributed by atoms with E-state index >= 15 is 0 Å². The van der Waals surface area contributed by atoms with E-state index in [1.165, 1.54) is 12.0 Å². The molecule has 0 aromatic heterocycles. The van der Waals surface area contributed by atoms with Gasteiger partial charge in [-0.1, -0.05) is 12.1 Å². The van der Waals surface area contributed by atoms with Crippen LogP contribution in [0.25, 0.3) is 0 Å². The number of imide groups is 1. The highest BCUT2D eigenvalue weighted by atomic mass is 16.5. The molecule has 2 N–H and O–H groups in total. The monoisotopic (exact) mass is 606 g/mol. The molecule has 2 aromatic rings. The molecule has 0 radical (unpaired) electrons. The first kappa shape index (κ1) is 30.6. The van der Waals surface area contributed by atoms with E-state index in [4.69, 9.17) is 9.47 Å². The topological polar surface area (TPSA) is 141 Å². The van der Waals surface area contributed by atoms with Crippen LogP contribution in [0.1, 0.15) is 28.3 Å². The number of anilines is 1. The Bertz CT molecular complexity index is 1430.